The third-order valence-electron chi connectivity index (χ3n) is 4.34. The average molecular weight is 295 g/mol. The van der Waals surface area contributed by atoms with Crippen LogP contribution in [0.2, 0.25) is 0 Å². The Bertz CT molecular complexity index is 372. The van der Waals surface area contributed by atoms with Gasteiger partial charge in [0.05, 0.1) is 0 Å². The molecule has 2 rings (SSSR count). The molecule has 0 radical (unpaired) electrons. The van der Waals surface area contributed by atoms with Crippen LogP contribution in [0.25, 0.3) is 0 Å². The molecule has 0 aliphatic carbocycles. The van der Waals surface area contributed by atoms with E-state index in [2.05, 4.69) is 55.4 Å². The lowest BCUT2D eigenvalue weighted by molar-refractivity contribution is 0.101. The Morgan fingerprint density at radius 1 is 1.35 bits per heavy atom. The van der Waals surface area contributed by atoms with Gasteiger partial charge < -0.3 is 5.32 Å². The van der Waals surface area contributed by atoms with Gasteiger partial charge in [-0.1, -0.05) is 33.8 Å². The van der Waals surface area contributed by atoms with Crippen LogP contribution in [0.5, 0.6) is 0 Å². The van der Waals surface area contributed by atoms with E-state index in [0.717, 1.165) is 18.4 Å². The van der Waals surface area contributed by atoms with Crippen LogP contribution >= 0.6 is 11.3 Å². The first-order valence-corrected chi connectivity index (χ1v) is 8.94. The van der Waals surface area contributed by atoms with Crippen LogP contribution in [0.3, 0.4) is 0 Å². The quantitative estimate of drug-likeness (QED) is 0.862. The van der Waals surface area contributed by atoms with Crippen LogP contribution < -0.4 is 5.32 Å². The predicted octanol–water partition coefficient (Wildman–Crippen LogP) is 3.64. The van der Waals surface area contributed by atoms with Crippen LogP contribution in [0.4, 0.5) is 0 Å². The molecule has 1 saturated heterocycles. The number of hydrogen-bond donors (Lipinski definition) is 1. The molecule has 2 unspecified atom stereocenters. The van der Waals surface area contributed by atoms with Crippen molar-refractivity contribution in [3.63, 3.8) is 0 Å². The van der Waals surface area contributed by atoms with E-state index in [1.54, 1.807) is 0 Å². The molecule has 1 aliphatic heterocycles. The molecule has 1 aromatic rings. The van der Waals surface area contributed by atoms with E-state index in [-0.39, 0.29) is 0 Å². The van der Waals surface area contributed by atoms with E-state index in [0.29, 0.717) is 12.1 Å². The van der Waals surface area contributed by atoms with E-state index in [4.69, 9.17) is 0 Å². The van der Waals surface area contributed by atoms with Crippen molar-refractivity contribution in [1.29, 1.82) is 0 Å². The van der Waals surface area contributed by atoms with Crippen LogP contribution in [0.1, 0.15) is 39.0 Å². The van der Waals surface area contributed by atoms with Gasteiger partial charge in [0.2, 0.25) is 0 Å². The van der Waals surface area contributed by atoms with Gasteiger partial charge in [0.25, 0.3) is 0 Å². The first kappa shape index (κ1) is 16.0. The fourth-order valence-electron chi connectivity index (χ4n) is 3.09. The zero-order chi connectivity index (χ0) is 14.5. The lowest BCUT2D eigenvalue weighted by Gasteiger charge is -2.42. The maximum absolute atomic E-state index is 3.76. The monoisotopic (exact) mass is 294 g/mol. The van der Waals surface area contributed by atoms with E-state index in [1.807, 2.05) is 11.3 Å². The van der Waals surface area contributed by atoms with Crippen molar-refractivity contribution in [3.8, 4) is 0 Å². The largest absolute Gasteiger partial charge is 0.311 e. The second-order valence-electron chi connectivity index (χ2n) is 6.87. The summed E-state index contributed by atoms with van der Waals surface area (Å²) in [6.07, 6.45) is 2.51. The summed E-state index contributed by atoms with van der Waals surface area (Å²) < 4.78 is 0. The summed E-state index contributed by atoms with van der Waals surface area (Å²) in [7, 11) is 0. The first-order valence-electron chi connectivity index (χ1n) is 8.06. The van der Waals surface area contributed by atoms with Gasteiger partial charge in [-0.3, -0.25) is 4.90 Å². The molecule has 2 heterocycles. The highest BCUT2D eigenvalue weighted by molar-refractivity contribution is 7.09. The Morgan fingerprint density at radius 3 is 2.75 bits per heavy atom. The maximum Gasteiger partial charge on any atom is 0.0223 e. The minimum atomic E-state index is 0.654. The molecule has 0 bridgehead atoms. The minimum Gasteiger partial charge on any atom is -0.311 e. The Kier molecular flexibility index (Phi) is 6.06. The van der Waals surface area contributed by atoms with Gasteiger partial charge in [0.1, 0.15) is 0 Å². The fourth-order valence-corrected chi connectivity index (χ4v) is 3.79. The van der Waals surface area contributed by atoms with Gasteiger partial charge in [0.15, 0.2) is 0 Å². The van der Waals surface area contributed by atoms with Gasteiger partial charge >= 0.3 is 0 Å². The molecule has 2 atom stereocenters. The van der Waals surface area contributed by atoms with E-state index < -0.39 is 0 Å². The Balaban J connectivity index is 1.93. The normalized spacial score (nSPS) is 24.7. The van der Waals surface area contributed by atoms with Crippen LogP contribution in [-0.2, 0) is 6.42 Å². The van der Waals surface area contributed by atoms with Crippen molar-refractivity contribution in [2.24, 2.45) is 11.8 Å². The van der Waals surface area contributed by atoms with Crippen LogP contribution in [0, 0.1) is 11.8 Å². The zero-order valence-electron chi connectivity index (χ0n) is 13.4. The summed E-state index contributed by atoms with van der Waals surface area (Å²) in [5.74, 6) is 1.50. The molecule has 2 nitrogen and oxygen atoms in total. The van der Waals surface area contributed by atoms with E-state index in [9.17, 15) is 0 Å². The molecule has 114 valence electrons. The molecule has 1 N–H and O–H groups in total. The Labute approximate surface area is 128 Å². The summed E-state index contributed by atoms with van der Waals surface area (Å²) in [5.41, 5.74) is 0. The highest BCUT2D eigenvalue weighted by Crippen LogP contribution is 2.19. The number of thiophene rings is 1. The van der Waals surface area contributed by atoms with E-state index in [1.165, 1.54) is 30.8 Å². The van der Waals surface area contributed by atoms with Crippen molar-refractivity contribution in [3.05, 3.63) is 22.4 Å². The van der Waals surface area contributed by atoms with Gasteiger partial charge in [-0.25, -0.2) is 0 Å². The molecular formula is C17H30N2S. The molecule has 0 aromatic carbocycles. The van der Waals surface area contributed by atoms with Crippen LogP contribution in [-0.4, -0.2) is 36.6 Å². The van der Waals surface area contributed by atoms with Gasteiger partial charge in [0, 0.05) is 36.6 Å². The molecule has 1 fully saturated rings. The number of hydrogen-bond acceptors (Lipinski definition) is 3. The van der Waals surface area contributed by atoms with Crippen molar-refractivity contribution >= 4 is 11.3 Å². The third-order valence-corrected chi connectivity index (χ3v) is 5.27. The SMILES string of the molecule is CC(C)CC1CNC(C(C)C)CN1CCc1cccs1. The van der Waals surface area contributed by atoms with Crippen molar-refractivity contribution in [2.75, 3.05) is 19.6 Å². The standard InChI is InChI=1S/C17H30N2S/c1-13(2)10-15-11-18-17(14(3)4)12-19(15)8-7-16-6-5-9-20-16/h5-6,9,13-15,17-18H,7-8,10-12H2,1-4H3. The highest BCUT2D eigenvalue weighted by Gasteiger charge is 2.29. The molecule has 0 saturated carbocycles. The number of piperazine rings is 1. The molecule has 0 spiro atoms. The Morgan fingerprint density at radius 2 is 2.15 bits per heavy atom. The third kappa shape index (κ3) is 4.57. The summed E-state index contributed by atoms with van der Waals surface area (Å²) in [6, 6.07) is 5.80. The first-order chi connectivity index (χ1) is 9.56. The molecular weight excluding hydrogens is 264 g/mol. The van der Waals surface area contributed by atoms with Gasteiger partial charge in [-0.15, -0.1) is 11.3 Å². The summed E-state index contributed by atoms with van der Waals surface area (Å²) >= 11 is 1.89. The smallest absolute Gasteiger partial charge is 0.0223 e. The summed E-state index contributed by atoms with van der Waals surface area (Å²) in [5, 5.41) is 5.95. The molecule has 20 heavy (non-hydrogen) atoms. The lowest BCUT2D eigenvalue weighted by atomic mass is 9.95. The van der Waals surface area contributed by atoms with E-state index >= 15 is 0 Å². The second-order valence-corrected chi connectivity index (χ2v) is 7.90. The minimum absolute atomic E-state index is 0.654. The van der Waals surface area contributed by atoms with Gasteiger partial charge in [-0.05, 0) is 36.1 Å². The molecule has 1 aliphatic rings. The molecule has 0 amide bonds. The fraction of sp³-hybridized carbons (Fsp3) is 0.765. The highest BCUT2D eigenvalue weighted by atomic mass is 32.1. The van der Waals surface area contributed by atoms with Crippen LogP contribution in [0.15, 0.2) is 17.5 Å². The Hall–Kier alpha value is -0.380. The lowest BCUT2D eigenvalue weighted by Crippen LogP contribution is -2.58. The summed E-state index contributed by atoms with van der Waals surface area (Å²) in [6.45, 7) is 12.9. The zero-order valence-corrected chi connectivity index (χ0v) is 14.2. The van der Waals surface area contributed by atoms with Crippen molar-refractivity contribution < 1.29 is 0 Å². The number of nitrogens with one attached hydrogen (secondary N) is 1. The summed E-state index contributed by atoms with van der Waals surface area (Å²) in [4.78, 5) is 4.26. The van der Waals surface area contributed by atoms with Crippen molar-refractivity contribution in [1.82, 2.24) is 10.2 Å². The van der Waals surface area contributed by atoms with Crippen molar-refractivity contribution in [2.45, 2.75) is 52.6 Å². The average Bonchev–Trinajstić information content (AvgIpc) is 2.89. The molecule has 3 heteroatoms. The maximum atomic E-state index is 3.76. The number of rotatable bonds is 6. The van der Waals surface area contributed by atoms with Gasteiger partial charge in [-0.2, -0.15) is 0 Å². The number of nitrogens with zero attached hydrogens (tertiary/aromatic N) is 1. The predicted molar refractivity (Wildman–Crippen MR) is 89.5 cm³/mol. The molecule has 1 aromatic heterocycles. The second kappa shape index (κ2) is 7.58. The topological polar surface area (TPSA) is 15.3 Å².